The minimum absolute atomic E-state index is 0.340. The third-order valence-corrected chi connectivity index (χ3v) is 1.61. The van der Waals surface area contributed by atoms with Gasteiger partial charge in [0.25, 0.3) is 0 Å². The molecule has 0 saturated carbocycles. The number of alkyl halides is 1. The van der Waals surface area contributed by atoms with E-state index in [1.807, 2.05) is 0 Å². The third kappa shape index (κ3) is 2.36. The van der Waals surface area contributed by atoms with Crippen LogP contribution < -0.4 is 0 Å². The van der Waals surface area contributed by atoms with Crippen LogP contribution in [0.3, 0.4) is 0 Å². The topological polar surface area (TPSA) is 20.2 Å². The van der Waals surface area contributed by atoms with Gasteiger partial charge in [-0.05, 0) is 19.3 Å². The molecule has 0 aromatic carbocycles. The van der Waals surface area contributed by atoms with E-state index in [0.29, 0.717) is 25.7 Å². The van der Waals surface area contributed by atoms with E-state index in [0.717, 1.165) is 0 Å². The second kappa shape index (κ2) is 3.58. The zero-order valence-corrected chi connectivity index (χ0v) is 5.81. The van der Waals surface area contributed by atoms with Gasteiger partial charge in [0.15, 0.2) is 6.17 Å². The summed E-state index contributed by atoms with van der Waals surface area (Å²) in [6, 6.07) is 0. The highest BCUT2D eigenvalue weighted by atomic mass is 19.1. The van der Waals surface area contributed by atoms with Crippen LogP contribution in [0.15, 0.2) is 0 Å². The number of rotatable bonds is 0. The summed E-state index contributed by atoms with van der Waals surface area (Å²) in [5.41, 5.74) is 0. The Bertz CT molecular complexity index is 156. The minimum atomic E-state index is -1.02. The Morgan fingerprint density at radius 2 is 2.10 bits per heavy atom. The number of hydrogen-bond acceptors (Lipinski definition) is 1. The van der Waals surface area contributed by atoms with Crippen molar-refractivity contribution in [1.29, 1.82) is 0 Å². The van der Waals surface area contributed by atoms with Crippen LogP contribution in [0.2, 0.25) is 0 Å². The van der Waals surface area contributed by atoms with E-state index in [1.165, 1.54) is 0 Å². The summed E-state index contributed by atoms with van der Waals surface area (Å²) in [4.78, 5) is 0. The van der Waals surface area contributed by atoms with Crippen molar-refractivity contribution < 1.29 is 9.50 Å². The lowest BCUT2D eigenvalue weighted by molar-refractivity contribution is 0.144. The summed E-state index contributed by atoms with van der Waals surface area (Å²) in [5.74, 6) is 5.16. The van der Waals surface area contributed by atoms with Crippen LogP contribution >= 0.6 is 0 Å². The Morgan fingerprint density at radius 1 is 1.30 bits per heavy atom. The Balaban J connectivity index is 2.43. The molecule has 2 heteroatoms. The Kier molecular flexibility index (Phi) is 2.70. The van der Waals surface area contributed by atoms with Gasteiger partial charge in [-0.25, -0.2) is 4.39 Å². The molecule has 1 aliphatic rings. The van der Waals surface area contributed by atoms with Gasteiger partial charge in [-0.3, -0.25) is 0 Å². The van der Waals surface area contributed by atoms with Gasteiger partial charge in [-0.1, -0.05) is 5.92 Å². The van der Waals surface area contributed by atoms with Gasteiger partial charge in [-0.2, -0.15) is 0 Å². The molecule has 1 nitrogen and oxygen atoms in total. The van der Waals surface area contributed by atoms with Gasteiger partial charge in [0, 0.05) is 6.42 Å². The third-order valence-electron chi connectivity index (χ3n) is 1.61. The first-order chi connectivity index (χ1) is 4.79. The molecule has 0 radical (unpaired) electrons. The monoisotopic (exact) mass is 142 g/mol. The number of halogens is 1. The maximum Gasteiger partial charge on any atom is 0.160 e. The van der Waals surface area contributed by atoms with Crippen LogP contribution in [0.4, 0.5) is 4.39 Å². The van der Waals surface area contributed by atoms with Crippen LogP contribution in [-0.4, -0.2) is 17.4 Å². The molecular formula is C8H11FO. The zero-order valence-electron chi connectivity index (χ0n) is 5.81. The second-order valence-electron chi connectivity index (χ2n) is 2.56. The lowest BCUT2D eigenvalue weighted by Crippen LogP contribution is -2.11. The molecule has 0 bridgehead atoms. The Labute approximate surface area is 60.2 Å². The van der Waals surface area contributed by atoms with Crippen molar-refractivity contribution in [3.05, 3.63) is 0 Å². The highest BCUT2D eigenvalue weighted by Gasteiger charge is 2.09. The average Bonchev–Trinajstić information content (AvgIpc) is 1.90. The fourth-order valence-corrected chi connectivity index (χ4v) is 0.977. The molecule has 0 saturated heterocycles. The number of aliphatic hydroxyl groups excluding tert-OH is 1. The molecular weight excluding hydrogens is 131 g/mol. The Morgan fingerprint density at radius 3 is 2.90 bits per heavy atom. The fraction of sp³-hybridized carbons (Fsp3) is 0.750. The maximum absolute atomic E-state index is 12.5. The van der Waals surface area contributed by atoms with E-state index in [4.69, 9.17) is 5.11 Å². The van der Waals surface area contributed by atoms with E-state index >= 15 is 0 Å². The fourth-order valence-electron chi connectivity index (χ4n) is 0.977. The molecule has 10 heavy (non-hydrogen) atoms. The largest absolute Gasteiger partial charge is 0.393 e. The SMILES string of the molecule is OC1CCC#CC(F)CC1. The molecule has 1 N–H and O–H groups in total. The second-order valence-corrected chi connectivity index (χ2v) is 2.56. The van der Waals surface area contributed by atoms with Crippen molar-refractivity contribution in [2.75, 3.05) is 0 Å². The molecule has 2 unspecified atom stereocenters. The normalized spacial score (nSPS) is 33.4. The molecule has 0 amide bonds. The summed E-state index contributed by atoms with van der Waals surface area (Å²) in [6.45, 7) is 0. The lowest BCUT2D eigenvalue weighted by Gasteiger charge is -2.10. The molecule has 0 spiro atoms. The minimum Gasteiger partial charge on any atom is -0.393 e. The van der Waals surface area contributed by atoms with Gasteiger partial charge in [0.1, 0.15) is 0 Å². The van der Waals surface area contributed by atoms with Crippen molar-refractivity contribution in [2.24, 2.45) is 0 Å². The zero-order chi connectivity index (χ0) is 7.40. The van der Waals surface area contributed by atoms with Gasteiger partial charge < -0.3 is 5.11 Å². The van der Waals surface area contributed by atoms with E-state index < -0.39 is 6.17 Å². The molecule has 1 rings (SSSR count). The van der Waals surface area contributed by atoms with Crippen LogP contribution in [0, 0.1) is 11.8 Å². The first-order valence-corrected chi connectivity index (χ1v) is 3.59. The molecule has 0 fully saturated rings. The van der Waals surface area contributed by atoms with Gasteiger partial charge in [-0.15, -0.1) is 5.92 Å². The maximum atomic E-state index is 12.5. The summed E-state index contributed by atoms with van der Waals surface area (Å²) < 4.78 is 12.5. The average molecular weight is 142 g/mol. The summed E-state index contributed by atoms with van der Waals surface area (Å²) in [6.07, 6.45) is 0.897. The van der Waals surface area contributed by atoms with Gasteiger partial charge in [0.2, 0.25) is 0 Å². The standard InChI is InChI=1S/C8H11FO/c9-7-3-1-2-4-8(10)6-5-7/h7-8,10H,2,4-6H2. The molecule has 0 aliphatic heterocycles. The van der Waals surface area contributed by atoms with E-state index in [1.54, 1.807) is 0 Å². The van der Waals surface area contributed by atoms with Crippen molar-refractivity contribution in [3.8, 4) is 11.8 Å². The number of aliphatic hydroxyl groups is 1. The smallest absolute Gasteiger partial charge is 0.160 e. The predicted molar refractivity (Wildman–Crippen MR) is 37.1 cm³/mol. The van der Waals surface area contributed by atoms with Gasteiger partial charge in [0.05, 0.1) is 6.10 Å². The first kappa shape index (κ1) is 7.56. The van der Waals surface area contributed by atoms with Crippen LogP contribution in [0.25, 0.3) is 0 Å². The lowest BCUT2D eigenvalue weighted by atomic mass is 10.0. The predicted octanol–water partition coefficient (Wildman–Crippen LogP) is 1.26. The number of hydrogen-bond donors (Lipinski definition) is 1. The van der Waals surface area contributed by atoms with Crippen molar-refractivity contribution in [3.63, 3.8) is 0 Å². The van der Waals surface area contributed by atoms with E-state index in [9.17, 15) is 4.39 Å². The van der Waals surface area contributed by atoms with E-state index in [2.05, 4.69) is 11.8 Å². The van der Waals surface area contributed by atoms with Crippen LogP contribution in [-0.2, 0) is 0 Å². The van der Waals surface area contributed by atoms with Crippen molar-refractivity contribution in [1.82, 2.24) is 0 Å². The van der Waals surface area contributed by atoms with E-state index in [-0.39, 0.29) is 6.10 Å². The molecule has 0 aromatic heterocycles. The molecule has 1 aliphatic carbocycles. The molecule has 0 aromatic rings. The molecule has 0 heterocycles. The summed E-state index contributed by atoms with van der Waals surface area (Å²) in [5, 5.41) is 9.10. The van der Waals surface area contributed by atoms with Gasteiger partial charge >= 0.3 is 0 Å². The summed E-state index contributed by atoms with van der Waals surface area (Å²) in [7, 11) is 0. The first-order valence-electron chi connectivity index (χ1n) is 3.59. The van der Waals surface area contributed by atoms with Crippen molar-refractivity contribution in [2.45, 2.75) is 38.0 Å². The Hall–Kier alpha value is -0.550. The van der Waals surface area contributed by atoms with Crippen molar-refractivity contribution >= 4 is 0 Å². The van der Waals surface area contributed by atoms with Crippen LogP contribution in [0.5, 0.6) is 0 Å². The highest BCUT2D eigenvalue weighted by molar-refractivity contribution is 5.06. The summed E-state index contributed by atoms with van der Waals surface area (Å²) >= 11 is 0. The highest BCUT2D eigenvalue weighted by Crippen LogP contribution is 2.10. The molecule has 2 atom stereocenters. The van der Waals surface area contributed by atoms with Crippen LogP contribution in [0.1, 0.15) is 25.7 Å². The molecule has 56 valence electrons. The quantitative estimate of drug-likeness (QED) is 0.505.